The number of benzene rings is 1. The minimum absolute atomic E-state index is 0.124. The van der Waals surface area contributed by atoms with Crippen molar-refractivity contribution in [2.45, 2.75) is 11.9 Å². The molecule has 3 fully saturated rings. The normalized spacial score (nSPS) is 23.4. The molecule has 3 N–H and O–H groups in total. The maximum Gasteiger partial charge on any atom is 0.485 e. The highest BCUT2D eigenvalue weighted by Gasteiger charge is 2.38. The van der Waals surface area contributed by atoms with Gasteiger partial charge in [0.25, 0.3) is 5.91 Å². The van der Waals surface area contributed by atoms with Crippen molar-refractivity contribution in [3.05, 3.63) is 23.8 Å². The molecule has 0 aliphatic carbocycles. The van der Waals surface area contributed by atoms with Crippen molar-refractivity contribution in [1.29, 1.82) is 0 Å². The number of rotatable bonds is 5. The van der Waals surface area contributed by atoms with Gasteiger partial charge in [0.2, 0.25) is 0 Å². The van der Waals surface area contributed by atoms with E-state index in [0.717, 1.165) is 13.0 Å². The number of amides is 1. The summed E-state index contributed by atoms with van der Waals surface area (Å²) in [7, 11) is -6.09. The number of hydrogen-bond donors (Lipinski definition) is 3. The number of piperazine rings is 3. The Bertz CT molecular complexity index is 841. The first kappa shape index (κ1) is 24.2. The SMILES string of the molecule is O=C(NCCC[N+]12CCN(CC1)CC2)c1cccc(O)c1O.O=S(=O)([O-])C(F)(F)F. The Morgan fingerprint density at radius 1 is 1.17 bits per heavy atom. The number of aromatic hydroxyl groups is 2. The van der Waals surface area contributed by atoms with Gasteiger partial charge in [0.05, 0.1) is 31.7 Å². The van der Waals surface area contributed by atoms with Crippen LogP contribution in [0.4, 0.5) is 13.2 Å². The van der Waals surface area contributed by atoms with E-state index < -0.39 is 15.6 Å². The molecule has 0 spiro atoms. The Kier molecular flexibility index (Phi) is 7.55. The molecule has 0 atom stereocenters. The van der Waals surface area contributed by atoms with Crippen LogP contribution < -0.4 is 5.32 Å². The number of carbonyl (C=O) groups excluding carboxylic acids is 1. The lowest BCUT2D eigenvalue weighted by Crippen LogP contribution is -2.67. The first-order valence-electron chi connectivity index (χ1n) is 9.23. The van der Waals surface area contributed by atoms with Crippen LogP contribution in [-0.2, 0) is 10.1 Å². The van der Waals surface area contributed by atoms with Crippen molar-refractivity contribution >= 4 is 16.0 Å². The number of phenols is 2. The molecule has 30 heavy (non-hydrogen) atoms. The lowest BCUT2D eigenvalue weighted by atomic mass is 10.1. The molecule has 3 aliphatic rings. The third kappa shape index (κ3) is 6.20. The summed E-state index contributed by atoms with van der Waals surface area (Å²) in [6.45, 7) is 8.96. The molecular formula is C17H24F3N3O6S. The van der Waals surface area contributed by atoms with Gasteiger partial charge in [-0.1, -0.05) is 6.07 Å². The fourth-order valence-corrected chi connectivity index (χ4v) is 3.49. The first-order chi connectivity index (χ1) is 13.8. The zero-order valence-electron chi connectivity index (χ0n) is 16.1. The van der Waals surface area contributed by atoms with Crippen LogP contribution in [0.5, 0.6) is 11.5 Å². The minimum Gasteiger partial charge on any atom is -0.741 e. The van der Waals surface area contributed by atoms with Crippen LogP contribution in [0.25, 0.3) is 0 Å². The van der Waals surface area contributed by atoms with Gasteiger partial charge < -0.3 is 24.6 Å². The van der Waals surface area contributed by atoms with E-state index in [9.17, 15) is 28.2 Å². The molecule has 0 unspecified atom stereocenters. The number of fused-ring (bicyclic) bond motifs is 3. The van der Waals surface area contributed by atoms with Gasteiger partial charge >= 0.3 is 5.51 Å². The predicted molar refractivity (Wildman–Crippen MR) is 98.6 cm³/mol. The number of alkyl halides is 3. The lowest BCUT2D eigenvalue weighted by molar-refractivity contribution is -0.941. The molecule has 170 valence electrons. The van der Waals surface area contributed by atoms with Crippen LogP contribution in [0.1, 0.15) is 16.8 Å². The topological polar surface area (TPSA) is 130 Å². The summed E-state index contributed by atoms with van der Waals surface area (Å²) in [4.78, 5) is 14.6. The molecule has 3 aliphatic heterocycles. The third-order valence-electron chi connectivity index (χ3n) is 5.31. The molecule has 9 nitrogen and oxygen atoms in total. The van der Waals surface area contributed by atoms with Crippen molar-refractivity contribution in [2.24, 2.45) is 0 Å². The van der Waals surface area contributed by atoms with Crippen LogP contribution >= 0.6 is 0 Å². The van der Waals surface area contributed by atoms with E-state index in [-0.39, 0.29) is 23.0 Å². The minimum atomic E-state index is -6.09. The summed E-state index contributed by atoms with van der Waals surface area (Å²) in [6.07, 6.45) is 0.936. The summed E-state index contributed by atoms with van der Waals surface area (Å²) < 4.78 is 60.1. The number of nitrogens with one attached hydrogen (secondary N) is 1. The summed E-state index contributed by atoms with van der Waals surface area (Å²) in [6, 6.07) is 4.42. The molecule has 1 aromatic carbocycles. The smallest absolute Gasteiger partial charge is 0.485 e. The Morgan fingerprint density at radius 3 is 2.20 bits per heavy atom. The molecule has 13 heteroatoms. The number of phenolic OH excluding ortho intramolecular Hbond substituents is 2. The van der Waals surface area contributed by atoms with E-state index in [1.54, 1.807) is 6.07 Å². The fraction of sp³-hybridized carbons (Fsp3) is 0.588. The molecule has 3 saturated heterocycles. The van der Waals surface area contributed by atoms with Crippen molar-refractivity contribution in [1.82, 2.24) is 10.2 Å². The second-order valence-electron chi connectivity index (χ2n) is 7.26. The molecule has 1 aromatic rings. The Labute approximate surface area is 172 Å². The molecule has 4 rings (SSSR count). The van der Waals surface area contributed by atoms with Gasteiger partial charge in [0.1, 0.15) is 0 Å². The molecule has 1 amide bonds. The first-order valence-corrected chi connectivity index (χ1v) is 10.6. The monoisotopic (exact) mass is 455 g/mol. The number of para-hydroxylation sites is 1. The molecule has 0 saturated carbocycles. The highest BCUT2D eigenvalue weighted by Crippen LogP contribution is 2.28. The number of carbonyl (C=O) groups is 1. The van der Waals surface area contributed by atoms with Gasteiger partial charge in [-0.3, -0.25) is 9.69 Å². The van der Waals surface area contributed by atoms with Gasteiger partial charge in [-0.15, -0.1) is 0 Å². The van der Waals surface area contributed by atoms with Crippen LogP contribution in [0.15, 0.2) is 18.2 Å². The molecule has 0 aromatic heterocycles. The third-order valence-corrected chi connectivity index (χ3v) is 5.88. The highest BCUT2D eigenvalue weighted by molar-refractivity contribution is 7.86. The van der Waals surface area contributed by atoms with Gasteiger partial charge in [0.15, 0.2) is 21.6 Å². The van der Waals surface area contributed by atoms with E-state index >= 15 is 0 Å². The summed E-state index contributed by atoms with van der Waals surface area (Å²) >= 11 is 0. The highest BCUT2D eigenvalue weighted by atomic mass is 32.2. The predicted octanol–water partition coefficient (Wildman–Crippen LogP) is 0.415. The number of nitrogens with zero attached hydrogens (tertiary/aromatic N) is 2. The molecule has 3 heterocycles. The zero-order valence-corrected chi connectivity index (χ0v) is 16.9. The van der Waals surface area contributed by atoms with E-state index in [0.29, 0.717) is 6.54 Å². The van der Waals surface area contributed by atoms with Crippen molar-refractivity contribution < 1.29 is 45.6 Å². The summed E-state index contributed by atoms with van der Waals surface area (Å²) in [5.74, 6) is -0.955. The summed E-state index contributed by atoms with van der Waals surface area (Å²) in [5.41, 5.74) is -5.52. The molecular weight excluding hydrogens is 431 g/mol. The Hall–Kier alpha value is -2.09. The van der Waals surface area contributed by atoms with Crippen LogP contribution in [0.2, 0.25) is 0 Å². The van der Waals surface area contributed by atoms with E-state index in [4.69, 9.17) is 13.0 Å². The van der Waals surface area contributed by atoms with E-state index in [2.05, 4.69) is 10.2 Å². The molecule has 0 radical (unpaired) electrons. The molecule has 2 bridgehead atoms. The van der Waals surface area contributed by atoms with Crippen molar-refractivity contribution in [3.8, 4) is 11.5 Å². The van der Waals surface area contributed by atoms with Crippen molar-refractivity contribution in [2.75, 3.05) is 52.4 Å². The number of hydrogen-bond acceptors (Lipinski definition) is 7. The Morgan fingerprint density at radius 2 is 1.70 bits per heavy atom. The average Bonchev–Trinajstić information content (AvgIpc) is 2.67. The van der Waals surface area contributed by atoms with Crippen molar-refractivity contribution in [3.63, 3.8) is 0 Å². The van der Waals surface area contributed by atoms with Gasteiger partial charge in [-0.05, 0) is 12.1 Å². The van der Waals surface area contributed by atoms with Crippen LogP contribution in [0.3, 0.4) is 0 Å². The van der Waals surface area contributed by atoms with Crippen LogP contribution in [0, 0.1) is 0 Å². The maximum atomic E-state index is 12.0. The van der Waals surface area contributed by atoms with Gasteiger partial charge in [0, 0.05) is 32.6 Å². The lowest BCUT2D eigenvalue weighted by Gasteiger charge is -2.50. The average molecular weight is 455 g/mol. The van der Waals surface area contributed by atoms with Gasteiger partial charge in [-0.25, -0.2) is 8.42 Å². The Balaban J connectivity index is 0.000000343. The van der Waals surface area contributed by atoms with Crippen LogP contribution in [-0.4, -0.2) is 96.3 Å². The standard InChI is InChI=1S/C16H23N3O3.CHF3O3S/c20-14-4-1-3-13(15(14)21)16(22)17-5-2-9-19-10-6-18(7-11-19)8-12-19;2-1(3,4)8(5,6)7/h1,3-4H,2,5-12H2,(H2-,17,20,21,22);(H,5,6,7). The quantitative estimate of drug-likeness (QED) is 0.193. The number of quaternary nitrogens is 1. The summed E-state index contributed by atoms with van der Waals surface area (Å²) in [5, 5.41) is 21.9. The zero-order chi connectivity index (χ0) is 22.6. The van der Waals surface area contributed by atoms with E-state index in [1.807, 2.05) is 0 Å². The van der Waals surface area contributed by atoms with Gasteiger partial charge in [-0.2, -0.15) is 13.2 Å². The maximum absolute atomic E-state index is 12.0. The van der Waals surface area contributed by atoms with E-state index in [1.165, 1.54) is 55.9 Å². The largest absolute Gasteiger partial charge is 0.741 e. The number of halogens is 3. The fourth-order valence-electron chi connectivity index (χ4n) is 3.49. The second kappa shape index (κ2) is 9.37. The second-order valence-corrected chi connectivity index (χ2v) is 8.63.